The Kier molecular flexibility index (Phi) is 4.51. The van der Waals surface area contributed by atoms with Crippen molar-refractivity contribution in [2.24, 2.45) is 5.92 Å². The van der Waals surface area contributed by atoms with E-state index in [0.717, 1.165) is 19.4 Å². The first kappa shape index (κ1) is 17.5. The molecule has 0 radical (unpaired) electrons. The summed E-state index contributed by atoms with van der Waals surface area (Å²) in [5.74, 6) is 0.450. The van der Waals surface area contributed by atoms with E-state index in [1.165, 1.54) is 6.07 Å². The lowest BCUT2D eigenvalue weighted by atomic mass is 10.1. The molecule has 1 fully saturated rings. The zero-order chi connectivity index (χ0) is 19.0. The Morgan fingerprint density at radius 1 is 1.33 bits per heavy atom. The molecule has 2 heterocycles. The molecule has 1 amide bonds. The first-order valence-electron chi connectivity index (χ1n) is 9.19. The van der Waals surface area contributed by atoms with E-state index in [0.29, 0.717) is 34.2 Å². The Balaban J connectivity index is 1.65. The summed E-state index contributed by atoms with van der Waals surface area (Å²) in [4.78, 5) is 20.9. The third kappa shape index (κ3) is 3.63. The highest BCUT2D eigenvalue weighted by Crippen LogP contribution is 2.27. The molecule has 27 heavy (non-hydrogen) atoms. The van der Waals surface area contributed by atoms with Crippen molar-refractivity contribution in [3.8, 4) is 11.3 Å². The minimum absolute atomic E-state index is 0.231. The number of carbonyl (C=O) groups is 1. The summed E-state index contributed by atoms with van der Waals surface area (Å²) in [6, 6.07) is 4.80. The number of rotatable bonds is 6. The summed E-state index contributed by atoms with van der Waals surface area (Å²) in [6.45, 7) is 4.99. The van der Waals surface area contributed by atoms with Crippen molar-refractivity contribution in [2.75, 3.05) is 11.9 Å². The summed E-state index contributed by atoms with van der Waals surface area (Å²) in [5.41, 5.74) is 1.99. The lowest BCUT2D eigenvalue weighted by Gasteiger charge is -2.10. The fourth-order valence-corrected chi connectivity index (χ4v) is 2.90. The monoisotopic (exact) mass is 367 g/mol. The predicted octanol–water partition coefficient (Wildman–Crippen LogP) is 3.50. The number of aromatic nitrogens is 3. The molecule has 2 N–H and O–H groups in total. The van der Waals surface area contributed by atoms with Gasteiger partial charge in [0.2, 0.25) is 0 Å². The van der Waals surface area contributed by atoms with E-state index in [-0.39, 0.29) is 11.9 Å². The number of imidazole rings is 1. The zero-order valence-corrected chi connectivity index (χ0v) is 15.4. The summed E-state index contributed by atoms with van der Waals surface area (Å²) in [5, 5.41) is 6.15. The Labute approximate surface area is 156 Å². The summed E-state index contributed by atoms with van der Waals surface area (Å²) in [6.07, 6.45) is 7.03. The molecule has 1 aliphatic rings. The van der Waals surface area contributed by atoms with Crippen LogP contribution in [0.4, 0.5) is 10.2 Å². The van der Waals surface area contributed by atoms with Gasteiger partial charge in [-0.2, -0.15) is 0 Å². The van der Waals surface area contributed by atoms with E-state index >= 15 is 0 Å². The highest BCUT2D eigenvalue weighted by molar-refractivity contribution is 5.95. The number of carbonyl (C=O) groups excluding carboxylic acids is 1. The highest BCUT2D eigenvalue weighted by Gasteiger charge is 2.24. The molecule has 0 unspecified atom stereocenters. The molecule has 0 aliphatic heterocycles. The van der Waals surface area contributed by atoms with Gasteiger partial charge in [-0.1, -0.05) is 13.8 Å². The van der Waals surface area contributed by atoms with Crippen LogP contribution >= 0.6 is 0 Å². The smallest absolute Gasteiger partial charge is 0.251 e. The van der Waals surface area contributed by atoms with Crippen LogP contribution in [-0.4, -0.2) is 32.9 Å². The Bertz CT molecular complexity index is 993. The predicted molar refractivity (Wildman–Crippen MR) is 102 cm³/mol. The van der Waals surface area contributed by atoms with Gasteiger partial charge in [-0.25, -0.2) is 14.4 Å². The van der Waals surface area contributed by atoms with E-state index in [1.54, 1.807) is 35.1 Å². The highest BCUT2D eigenvalue weighted by atomic mass is 19.1. The molecule has 1 aromatic carbocycles. The molecule has 0 spiro atoms. The molecule has 6 nitrogen and oxygen atoms in total. The van der Waals surface area contributed by atoms with Crippen LogP contribution in [0.2, 0.25) is 0 Å². The van der Waals surface area contributed by atoms with Crippen molar-refractivity contribution >= 4 is 17.4 Å². The molecular formula is C20H22FN5O. The molecule has 1 aliphatic carbocycles. The number of hydrogen-bond donors (Lipinski definition) is 2. The summed E-state index contributed by atoms with van der Waals surface area (Å²) < 4.78 is 16.6. The van der Waals surface area contributed by atoms with Gasteiger partial charge in [-0.15, -0.1) is 0 Å². The van der Waals surface area contributed by atoms with E-state index in [2.05, 4.69) is 34.4 Å². The molecule has 0 atom stereocenters. The lowest BCUT2D eigenvalue weighted by Crippen LogP contribution is -2.25. The summed E-state index contributed by atoms with van der Waals surface area (Å²) >= 11 is 0. The largest absolute Gasteiger partial charge is 0.367 e. The molecule has 0 saturated heterocycles. The van der Waals surface area contributed by atoms with Gasteiger partial charge in [0, 0.05) is 36.1 Å². The number of fused-ring (bicyclic) bond motifs is 1. The van der Waals surface area contributed by atoms with Gasteiger partial charge in [-0.05, 0) is 37.0 Å². The number of hydrogen-bond acceptors (Lipinski definition) is 4. The van der Waals surface area contributed by atoms with Gasteiger partial charge in [0.1, 0.15) is 5.82 Å². The van der Waals surface area contributed by atoms with Gasteiger partial charge in [0.25, 0.3) is 5.91 Å². The van der Waals surface area contributed by atoms with E-state index in [9.17, 15) is 9.18 Å². The van der Waals surface area contributed by atoms with Gasteiger partial charge in [0.05, 0.1) is 11.9 Å². The maximum Gasteiger partial charge on any atom is 0.251 e. The van der Waals surface area contributed by atoms with E-state index in [4.69, 9.17) is 0 Å². The minimum Gasteiger partial charge on any atom is -0.367 e. The van der Waals surface area contributed by atoms with E-state index in [1.807, 2.05) is 0 Å². The van der Waals surface area contributed by atoms with Crippen molar-refractivity contribution in [3.63, 3.8) is 0 Å². The van der Waals surface area contributed by atoms with Crippen molar-refractivity contribution in [3.05, 3.63) is 48.2 Å². The van der Waals surface area contributed by atoms with Gasteiger partial charge in [0.15, 0.2) is 11.5 Å². The van der Waals surface area contributed by atoms with Crippen molar-refractivity contribution in [2.45, 2.75) is 32.7 Å². The fourth-order valence-electron chi connectivity index (χ4n) is 2.90. The first-order chi connectivity index (χ1) is 13.0. The van der Waals surface area contributed by atoms with Crippen LogP contribution in [0.15, 0.2) is 36.8 Å². The summed E-state index contributed by atoms with van der Waals surface area (Å²) in [7, 11) is 0. The molecule has 1 saturated carbocycles. The third-order valence-electron chi connectivity index (χ3n) is 4.53. The van der Waals surface area contributed by atoms with Gasteiger partial charge >= 0.3 is 0 Å². The molecular weight excluding hydrogens is 345 g/mol. The van der Waals surface area contributed by atoms with Crippen LogP contribution in [-0.2, 0) is 0 Å². The Morgan fingerprint density at radius 2 is 2.15 bits per heavy atom. The number of nitrogens with zero attached hydrogens (tertiary/aromatic N) is 3. The molecule has 0 bridgehead atoms. The average Bonchev–Trinajstić information content (AvgIpc) is 3.35. The van der Waals surface area contributed by atoms with Crippen LogP contribution in [0.25, 0.3) is 16.9 Å². The maximum atomic E-state index is 14.8. The molecule has 4 rings (SSSR count). The Hall–Kier alpha value is -2.96. The second-order valence-corrected chi connectivity index (χ2v) is 7.33. The number of benzene rings is 1. The third-order valence-corrected chi connectivity index (χ3v) is 4.53. The fraction of sp³-hybridized carbons (Fsp3) is 0.350. The second-order valence-electron chi connectivity index (χ2n) is 7.33. The van der Waals surface area contributed by atoms with Crippen molar-refractivity contribution < 1.29 is 9.18 Å². The first-order valence-corrected chi connectivity index (χ1v) is 9.19. The minimum atomic E-state index is -0.450. The van der Waals surface area contributed by atoms with Crippen molar-refractivity contribution in [1.82, 2.24) is 19.7 Å². The topological polar surface area (TPSA) is 71.3 Å². The number of anilines is 1. The maximum absolute atomic E-state index is 14.8. The number of nitrogens with one attached hydrogen (secondary N) is 2. The van der Waals surface area contributed by atoms with Crippen LogP contribution in [0.5, 0.6) is 0 Å². The van der Waals surface area contributed by atoms with Gasteiger partial charge < -0.3 is 10.6 Å². The standard InChI is InChI=1S/C20H22FN5O/c1-12(2)10-23-18-19-24-11-17(26(19)8-7-22-18)15-6-3-13(9-16(15)21)20(27)25-14-4-5-14/h3,6-9,11-12,14H,4-5,10H2,1-2H3,(H,22,23)(H,25,27). The molecule has 3 aromatic rings. The lowest BCUT2D eigenvalue weighted by molar-refractivity contribution is 0.0950. The zero-order valence-electron chi connectivity index (χ0n) is 15.4. The van der Waals surface area contributed by atoms with Crippen LogP contribution in [0, 0.1) is 11.7 Å². The number of amides is 1. The van der Waals surface area contributed by atoms with Crippen LogP contribution < -0.4 is 10.6 Å². The van der Waals surface area contributed by atoms with Gasteiger partial charge in [-0.3, -0.25) is 9.20 Å². The van der Waals surface area contributed by atoms with Crippen molar-refractivity contribution in [1.29, 1.82) is 0 Å². The molecule has 2 aromatic heterocycles. The van der Waals surface area contributed by atoms with Crippen LogP contribution in [0.1, 0.15) is 37.0 Å². The molecule has 7 heteroatoms. The van der Waals surface area contributed by atoms with Crippen LogP contribution in [0.3, 0.4) is 0 Å². The average molecular weight is 367 g/mol. The number of halogens is 1. The quantitative estimate of drug-likeness (QED) is 0.700. The van der Waals surface area contributed by atoms with E-state index < -0.39 is 5.82 Å². The molecule has 140 valence electrons. The second kappa shape index (κ2) is 6.98. The Morgan fingerprint density at radius 3 is 2.85 bits per heavy atom. The normalized spacial score (nSPS) is 13.9. The SMILES string of the molecule is CC(C)CNc1nccn2c(-c3ccc(C(=O)NC4CC4)cc3F)cnc12.